The molecule has 0 atom stereocenters. The van der Waals surface area contributed by atoms with Gasteiger partial charge in [0.25, 0.3) is 0 Å². The van der Waals surface area contributed by atoms with Crippen molar-refractivity contribution in [3.05, 3.63) is 164 Å². The zero-order valence-corrected chi connectivity index (χ0v) is 25.4. The lowest BCUT2D eigenvalue weighted by atomic mass is 9.97. The van der Waals surface area contributed by atoms with Gasteiger partial charge in [-0.25, -0.2) is 0 Å². The molecule has 9 rings (SSSR count). The fourth-order valence-corrected chi connectivity index (χ4v) is 6.79. The van der Waals surface area contributed by atoms with Crippen molar-refractivity contribution in [1.82, 2.24) is 14.5 Å². The van der Waals surface area contributed by atoms with E-state index >= 15 is 0 Å². The van der Waals surface area contributed by atoms with Gasteiger partial charge in [-0.1, -0.05) is 97.1 Å². The first-order valence-electron chi connectivity index (χ1n) is 15.6. The highest BCUT2D eigenvalue weighted by molar-refractivity contribution is 6.19. The predicted molar refractivity (Wildman–Crippen MR) is 192 cm³/mol. The van der Waals surface area contributed by atoms with Crippen molar-refractivity contribution in [3.63, 3.8) is 0 Å². The summed E-state index contributed by atoms with van der Waals surface area (Å²) in [6.07, 6.45) is 5.73. The summed E-state index contributed by atoms with van der Waals surface area (Å²) in [5, 5.41) is 7.44. The van der Waals surface area contributed by atoms with Gasteiger partial charge in [0.1, 0.15) is 0 Å². The molecule has 3 nitrogen and oxygen atoms in total. The fraction of sp³-hybridized carbons (Fsp3) is 0.0233. The summed E-state index contributed by atoms with van der Waals surface area (Å²) in [6.45, 7) is 2.06. The highest BCUT2D eigenvalue weighted by Gasteiger charge is 2.17. The van der Waals surface area contributed by atoms with Gasteiger partial charge in [-0.2, -0.15) is 0 Å². The number of pyridine rings is 2. The molecule has 0 radical (unpaired) electrons. The maximum absolute atomic E-state index is 4.64. The van der Waals surface area contributed by atoms with Gasteiger partial charge >= 0.3 is 0 Å². The number of para-hydroxylation sites is 1. The van der Waals surface area contributed by atoms with Gasteiger partial charge in [0.05, 0.1) is 16.7 Å². The quantitative estimate of drug-likeness (QED) is 0.205. The Labute approximate surface area is 267 Å². The summed E-state index contributed by atoms with van der Waals surface area (Å²) in [5.41, 5.74) is 11.2. The van der Waals surface area contributed by atoms with Crippen LogP contribution in [-0.4, -0.2) is 14.5 Å². The minimum absolute atomic E-state index is 0.925. The van der Waals surface area contributed by atoms with Crippen molar-refractivity contribution in [3.8, 4) is 39.2 Å². The Morgan fingerprint density at radius 3 is 1.96 bits per heavy atom. The summed E-state index contributed by atoms with van der Waals surface area (Å²) in [6, 6.07) is 50.5. The van der Waals surface area contributed by atoms with Crippen molar-refractivity contribution < 1.29 is 0 Å². The fourth-order valence-electron chi connectivity index (χ4n) is 6.79. The molecule has 216 valence electrons. The lowest BCUT2D eigenvalue weighted by Gasteiger charge is -2.12. The van der Waals surface area contributed by atoms with E-state index in [0.717, 1.165) is 33.6 Å². The zero-order valence-electron chi connectivity index (χ0n) is 25.4. The Bertz CT molecular complexity index is 2580. The first-order chi connectivity index (χ1) is 22.7. The van der Waals surface area contributed by atoms with Crippen LogP contribution < -0.4 is 0 Å². The van der Waals surface area contributed by atoms with Crippen molar-refractivity contribution in [1.29, 1.82) is 0 Å². The van der Waals surface area contributed by atoms with Crippen LogP contribution >= 0.6 is 0 Å². The number of aromatic nitrogens is 3. The molecule has 0 aliphatic heterocycles. The maximum Gasteiger partial charge on any atom is 0.0717 e. The lowest BCUT2D eigenvalue weighted by Crippen LogP contribution is -1.94. The maximum atomic E-state index is 4.64. The number of rotatable bonds is 4. The van der Waals surface area contributed by atoms with Crippen molar-refractivity contribution >= 4 is 43.4 Å². The van der Waals surface area contributed by atoms with E-state index in [1.165, 1.54) is 54.5 Å². The second kappa shape index (κ2) is 10.5. The molecule has 0 saturated heterocycles. The molecule has 3 heterocycles. The number of hydrogen-bond acceptors (Lipinski definition) is 2. The molecular formula is C43H29N3. The van der Waals surface area contributed by atoms with Gasteiger partial charge in [-0.15, -0.1) is 0 Å². The highest BCUT2D eigenvalue weighted by atomic mass is 15.0. The molecule has 0 saturated carbocycles. The van der Waals surface area contributed by atoms with Gasteiger partial charge in [0.15, 0.2) is 0 Å². The molecule has 0 N–H and O–H groups in total. The smallest absolute Gasteiger partial charge is 0.0717 e. The van der Waals surface area contributed by atoms with Crippen LogP contribution in [0.2, 0.25) is 0 Å². The third-order valence-corrected chi connectivity index (χ3v) is 9.12. The van der Waals surface area contributed by atoms with E-state index in [0.29, 0.717) is 0 Å². The SMILES string of the molecule is Cc1ccc(-c2cncc(-c3ccc4c5ccc6cc(-c7ccc8ccccc8c7)ccc6c5n(-c5ccccc5)c4c3)c2)nc1. The second-order valence-corrected chi connectivity index (χ2v) is 12.0. The standard InChI is InChI=1S/C43H29N3/c1-28-11-20-41(45-25-28)36-23-35(26-44-27-36)33-15-18-39-40-19-16-34-22-32(31-13-12-29-7-5-6-8-30(29)21-31)14-17-38(34)43(40)46(42(39)24-33)37-9-3-2-4-10-37/h2-27H,1H3. The average Bonchev–Trinajstić information content (AvgIpc) is 3.46. The molecule has 0 amide bonds. The molecule has 0 spiro atoms. The summed E-state index contributed by atoms with van der Waals surface area (Å²) < 4.78 is 2.42. The van der Waals surface area contributed by atoms with Crippen LogP contribution in [0.3, 0.4) is 0 Å². The van der Waals surface area contributed by atoms with E-state index in [-0.39, 0.29) is 0 Å². The van der Waals surface area contributed by atoms with Gasteiger partial charge in [0.2, 0.25) is 0 Å². The minimum Gasteiger partial charge on any atom is -0.309 e. The topological polar surface area (TPSA) is 30.7 Å². The molecule has 3 aromatic heterocycles. The normalized spacial score (nSPS) is 11.6. The summed E-state index contributed by atoms with van der Waals surface area (Å²) in [4.78, 5) is 9.25. The molecule has 0 aliphatic carbocycles. The molecule has 46 heavy (non-hydrogen) atoms. The Morgan fingerprint density at radius 2 is 1.13 bits per heavy atom. The molecule has 0 aliphatic rings. The van der Waals surface area contributed by atoms with E-state index in [4.69, 9.17) is 0 Å². The van der Waals surface area contributed by atoms with Crippen molar-refractivity contribution in [2.24, 2.45) is 0 Å². The Kier molecular flexibility index (Phi) is 6.04. The van der Waals surface area contributed by atoms with E-state index in [1.807, 2.05) is 18.6 Å². The second-order valence-electron chi connectivity index (χ2n) is 12.0. The van der Waals surface area contributed by atoms with E-state index < -0.39 is 0 Å². The monoisotopic (exact) mass is 587 g/mol. The summed E-state index contributed by atoms with van der Waals surface area (Å²) in [5.74, 6) is 0. The molecule has 0 unspecified atom stereocenters. The number of nitrogens with zero attached hydrogens (tertiary/aromatic N) is 3. The van der Waals surface area contributed by atoms with Crippen LogP contribution in [0.25, 0.3) is 82.5 Å². The largest absolute Gasteiger partial charge is 0.309 e. The van der Waals surface area contributed by atoms with Crippen LogP contribution in [0.5, 0.6) is 0 Å². The van der Waals surface area contributed by atoms with Gasteiger partial charge < -0.3 is 4.57 Å². The van der Waals surface area contributed by atoms with Gasteiger partial charge in [0, 0.05) is 51.6 Å². The Morgan fingerprint density at radius 1 is 0.457 bits per heavy atom. The third kappa shape index (κ3) is 4.36. The Balaban J connectivity index is 1.24. The van der Waals surface area contributed by atoms with Crippen LogP contribution in [0.4, 0.5) is 0 Å². The molecule has 3 heteroatoms. The highest BCUT2D eigenvalue weighted by Crippen LogP contribution is 2.39. The molecule has 0 fully saturated rings. The molecule has 0 bridgehead atoms. The first kappa shape index (κ1) is 26.4. The van der Waals surface area contributed by atoms with Crippen LogP contribution in [-0.2, 0) is 0 Å². The zero-order chi connectivity index (χ0) is 30.6. The van der Waals surface area contributed by atoms with Gasteiger partial charge in [-0.3, -0.25) is 9.97 Å². The predicted octanol–water partition coefficient (Wildman–Crippen LogP) is 11.2. The number of benzene rings is 6. The van der Waals surface area contributed by atoms with E-state index in [9.17, 15) is 0 Å². The minimum atomic E-state index is 0.925. The van der Waals surface area contributed by atoms with Crippen LogP contribution in [0.1, 0.15) is 5.56 Å². The third-order valence-electron chi connectivity index (χ3n) is 9.12. The van der Waals surface area contributed by atoms with Gasteiger partial charge in [-0.05, 0) is 87.8 Å². The van der Waals surface area contributed by atoms with E-state index in [2.05, 4.69) is 161 Å². The van der Waals surface area contributed by atoms with Crippen LogP contribution in [0.15, 0.2) is 158 Å². The first-order valence-corrected chi connectivity index (χ1v) is 15.6. The number of hydrogen-bond donors (Lipinski definition) is 0. The molecular weight excluding hydrogens is 558 g/mol. The van der Waals surface area contributed by atoms with Crippen LogP contribution in [0, 0.1) is 6.92 Å². The molecule has 9 aromatic rings. The lowest BCUT2D eigenvalue weighted by molar-refractivity contribution is 1.19. The number of fused-ring (bicyclic) bond motifs is 6. The average molecular weight is 588 g/mol. The van der Waals surface area contributed by atoms with Crippen molar-refractivity contribution in [2.75, 3.05) is 0 Å². The van der Waals surface area contributed by atoms with E-state index in [1.54, 1.807) is 0 Å². The number of aryl methyl sites for hydroxylation is 1. The van der Waals surface area contributed by atoms with Crippen molar-refractivity contribution in [2.45, 2.75) is 6.92 Å². The summed E-state index contributed by atoms with van der Waals surface area (Å²) >= 11 is 0. The summed E-state index contributed by atoms with van der Waals surface area (Å²) in [7, 11) is 0. The Hall–Kier alpha value is -6.06. The molecule has 6 aromatic carbocycles.